The first kappa shape index (κ1) is 26.2. The summed E-state index contributed by atoms with van der Waals surface area (Å²) in [6.07, 6.45) is 1.43. The van der Waals surface area contributed by atoms with Crippen LogP contribution in [0.3, 0.4) is 0 Å². The van der Waals surface area contributed by atoms with Crippen LogP contribution in [0.4, 0.5) is 16.0 Å². The number of nitrogens with zero attached hydrogens (tertiary/aromatic N) is 3. The minimum atomic E-state index is -0.599. The number of hydrogen-bond acceptors (Lipinski definition) is 6. The highest BCUT2D eigenvalue weighted by molar-refractivity contribution is 6.31. The summed E-state index contributed by atoms with van der Waals surface area (Å²) in [4.78, 5) is 18.0. The molecule has 1 unspecified atom stereocenters. The van der Waals surface area contributed by atoms with E-state index in [1.807, 2.05) is 45.0 Å². The van der Waals surface area contributed by atoms with Gasteiger partial charge in [-0.3, -0.25) is 4.79 Å². The molecule has 0 radical (unpaired) electrons. The van der Waals surface area contributed by atoms with Gasteiger partial charge in [-0.1, -0.05) is 35.9 Å². The van der Waals surface area contributed by atoms with Gasteiger partial charge in [0, 0.05) is 16.9 Å². The maximum absolute atomic E-state index is 14.3. The first-order chi connectivity index (χ1) is 18.8. The van der Waals surface area contributed by atoms with Crippen molar-refractivity contribution in [3.63, 3.8) is 0 Å². The Morgan fingerprint density at radius 2 is 1.92 bits per heavy atom. The fourth-order valence-electron chi connectivity index (χ4n) is 4.56. The van der Waals surface area contributed by atoms with Gasteiger partial charge in [0.1, 0.15) is 24.8 Å². The number of fused-ring (bicyclic) bond motifs is 1. The summed E-state index contributed by atoms with van der Waals surface area (Å²) >= 11 is 6.15. The lowest BCUT2D eigenvalue weighted by molar-refractivity contribution is -0.113. The van der Waals surface area contributed by atoms with Crippen LogP contribution in [-0.4, -0.2) is 27.8 Å². The Hall–Kier alpha value is -4.37. The molecule has 2 heterocycles. The third kappa shape index (κ3) is 5.05. The molecule has 0 saturated heterocycles. The third-order valence-electron chi connectivity index (χ3n) is 6.83. The molecule has 39 heavy (non-hydrogen) atoms. The molecule has 8 nitrogen and oxygen atoms in total. The van der Waals surface area contributed by atoms with Gasteiger partial charge >= 0.3 is 0 Å². The maximum atomic E-state index is 14.3. The van der Waals surface area contributed by atoms with Crippen molar-refractivity contribution in [3.8, 4) is 11.5 Å². The molecule has 10 heteroatoms. The largest absolute Gasteiger partial charge is 0.493 e. The molecule has 0 saturated carbocycles. The highest BCUT2D eigenvalue weighted by Gasteiger charge is 2.34. The number of anilines is 2. The molecule has 1 aliphatic rings. The van der Waals surface area contributed by atoms with Crippen molar-refractivity contribution in [2.75, 3.05) is 17.7 Å². The van der Waals surface area contributed by atoms with Crippen molar-refractivity contribution < 1.29 is 18.7 Å². The molecule has 0 bridgehead atoms. The number of halogens is 2. The van der Waals surface area contributed by atoms with Gasteiger partial charge in [0.25, 0.3) is 5.91 Å². The Balaban J connectivity index is 1.49. The van der Waals surface area contributed by atoms with E-state index in [2.05, 4.69) is 20.7 Å². The number of ether oxygens (including phenoxy) is 2. The smallest absolute Gasteiger partial charge is 0.255 e. The van der Waals surface area contributed by atoms with E-state index < -0.39 is 11.9 Å². The fraction of sp³-hybridized carbons (Fsp3) is 0.207. The minimum Gasteiger partial charge on any atom is -0.493 e. The van der Waals surface area contributed by atoms with E-state index in [-0.39, 0.29) is 23.1 Å². The van der Waals surface area contributed by atoms with Crippen LogP contribution in [0.15, 0.2) is 72.2 Å². The van der Waals surface area contributed by atoms with Gasteiger partial charge in [0.05, 0.1) is 17.7 Å². The van der Waals surface area contributed by atoms with Gasteiger partial charge in [-0.15, -0.1) is 0 Å². The second-order valence-electron chi connectivity index (χ2n) is 9.20. The lowest BCUT2D eigenvalue weighted by Crippen LogP contribution is -2.31. The highest BCUT2D eigenvalue weighted by Crippen LogP contribution is 2.39. The molecule has 0 fully saturated rings. The number of rotatable bonds is 7. The number of nitrogens with one attached hydrogen (secondary N) is 2. The molecule has 4 aromatic rings. The average Bonchev–Trinajstić information content (AvgIpc) is 3.38. The van der Waals surface area contributed by atoms with E-state index >= 15 is 0 Å². The van der Waals surface area contributed by atoms with Gasteiger partial charge in [-0.05, 0) is 67.8 Å². The SMILES string of the molecule is COc1cc(C2C(C(=O)Nc3cccc(C)c3C)=C(C)Nc3ncnn32)ccc1OCc1c(F)cccc1Cl. The second kappa shape index (κ2) is 10.8. The van der Waals surface area contributed by atoms with Gasteiger partial charge in [0.2, 0.25) is 5.95 Å². The number of aromatic nitrogens is 3. The summed E-state index contributed by atoms with van der Waals surface area (Å²) in [5.41, 5.74) is 4.90. The van der Waals surface area contributed by atoms with E-state index in [1.165, 1.54) is 25.6 Å². The van der Waals surface area contributed by atoms with E-state index in [9.17, 15) is 9.18 Å². The normalized spacial score (nSPS) is 14.5. The van der Waals surface area contributed by atoms with Crippen molar-refractivity contribution in [1.29, 1.82) is 0 Å². The molecule has 1 atom stereocenters. The molecule has 5 rings (SSSR count). The summed E-state index contributed by atoms with van der Waals surface area (Å²) in [5.74, 6) is 0.594. The van der Waals surface area contributed by atoms with Crippen molar-refractivity contribution in [3.05, 3.63) is 105 Å². The average molecular weight is 548 g/mol. The predicted octanol–water partition coefficient (Wildman–Crippen LogP) is 6.20. The number of carbonyl (C=O) groups excluding carboxylic acids is 1. The zero-order valence-corrected chi connectivity index (χ0v) is 22.6. The summed E-state index contributed by atoms with van der Waals surface area (Å²) in [5, 5.41) is 10.9. The number of aryl methyl sites for hydroxylation is 1. The molecule has 1 amide bonds. The zero-order valence-electron chi connectivity index (χ0n) is 21.9. The molecular weight excluding hydrogens is 521 g/mol. The van der Waals surface area contributed by atoms with E-state index in [1.54, 1.807) is 22.9 Å². The minimum absolute atomic E-state index is 0.0791. The van der Waals surface area contributed by atoms with Crippen molar-refractivity contribution >= 4 is 29.1 Å². The van der Waals surface area contributed by atoms with Crippen molar-refractivity contribution in [1.82, 2.24) is 14.8 Å². The Bertz CT molecular complexity index is 1580. The first-order valence-corrected chi connectivity index (χ1v) is 12.6. The number of amides is 1. The van der Waals surface area contributed by atoms with Crippen LogP contribution >= 0.6 is 11.6 Å². The number of hydrogen-bond donors (Lipinski definition) is 2. The van der Waals surface area contributed by atoms with Crippen molar-refractivity contribution in [2.24, 2.45) is 0 Å². The van der Waals surface area contributed by atoms with Crippen LogP contribution in [-0.2, 0) is 11.4 Å². The summed E-state index contributed by atoms with van der Waals surface area (Å²) < 4.78 is 27.4. The third-order valence-corrected chi connectivity index (χ3v) is 7.18. The summed E-state index contributed by atoms with van der Waals surface area (Å²) in [6.45, 7) is 5.72. The number of benzene rings is 3. The highest BCUT2D eigenvalue weighted by atomic mass is 35.5. The van der Waals surface area contributed by atoms with E-state index in [0.717, 1.165) is 22.4 Å². The Morgan fingerprint density at radius 3 is 2.69 bits per heavy atom. The second-order valence-corrected chi connectivity index (χ2v) is 9.60. The fourth-order valence-corrected chi connectivity index (χ4v) is 4.78. The van der Waals surface area contributed by atoms with Gasteiger partial charge in [-0.25, -0.2) is 9.07 Å². The molecule has 200 valence electrons. The van der Waals surface area contributed by atoms with Crippen LogP contribution in [0.25, 0.3) is 0 Å². The molecule has 0 aliphatic carbocycles. The lowest BCUT2D eigenvalue weighted by Gasteiger charge is -2.29. The van der Waals surface area contributed by atoms with Crippen LogP contribution in [0.1, 0.15) is 35.2 Å². The number of allylic oxidation sites excluding steroid dienone is 1. The summed E-state index contributed by atoms with van der Waals surface area (Å²) in [7, 11) is 1.51. The van der Waals surface area contributed by atoms with E-state index in [4.69, 9.17) is 21.1 Å². The van der Waals surface area contributed by atoms with Crippen molar-refractivity contribution in [2.45, 2.75) is 33.4 Å². The Morgan fingerprint density at radius 1 is 1.13 bits per heavy atom. The number of methoxy groups -OCH3 is 1. The van der Waals surface area contributed by atoms with E-state index in [0.29, 0.717) is 28.7 Å². The van der Waals surface area contributed by atoms with Crippen LogP contribution in [0, 0.1) is 19.7 Å². The standard InChI is InChI=1S/C29H27ClFN5O3/c1-16-7-5-10-23(17(16)2)35-28(37)26-18(3)34-29-32-15-33-36(29)27(26)19-11-12-24(25(13-19)38-4)39-14-20-21(30)8-6-9-22(20)31/h5-13,15,27H,14H2,1-4H3,(H,35,37)(H,32,33,34). The summed E-state index contributed by atoms with van der Waals surface area (Å²) in [6, 6.07) is 15.0. The van der Waals surface area contributed by atoms with Gasteiger partial charge in [-0.2, -0.15) is 10.1 Å². The molecule has 0 spiro atoms. The van der Waals surface area contributed by atoms with Crippen LogP contribution < -0.4 is 20.1 Å². The maximum Gasteiger partial charge on any atom is 0.255 e. The first-order valence-electron chi connectivity index (χ1n) is 12.3. The van der Waals surface area contributed by atoms with Crippen LogP contribution in [0.5, 0.6) is 11.5 Å². The molecule has 1 aliphatic heterocycles. The topological polar surface area (TPSA) is 90.3 Å². The molecule has 1 aromatic heterocycles. The predicted molar refractivity (Wildman–Crippen MR) is 148 cm³/mol. The molecular formula is C29H27ClFN5O3. The Kier molecular flexibility index (Phi) is 7.26. The zero-order chi connectivity index (χ0) is 27.7. The lowest BCUT2D eigenvalue weighted by atomic mass is 9.94. The monoisotopic (exact) mass is 547 g/mol. The quantitative estimate of drug-likeness (QED) is 0.286. The van der Waals surface area contributed by atoms with Gasteiger partial charge in [0.15, 0.2) is 11.5 Å². The number of carbonyl (C=O) groups is 1. The van der Waals surface area contributed by atoms with Gasteiger partial charge < -0.3 is 20.1 Å². The molecule has 2 N–H and O–H groups in total. The molecule has 3 aromatic carbocycles. The van der Waals surface area contributed by atoms with Crippen LogP contribution in [0.2, 0.25) is 5.02 Å². The Labute approximate surface area is 230 Å².